The number of cyclic esters (lactones) is 1. The SMILES string of the molecule is CC[C@]12/C=C\CCCCOC(=O)[C@H]1[C@H]1C(=O)N([C@@H](CO)C(C)C)C3C(=O)N(C(C)C)CC=C[C@@]31O2. The predicted molar refractivity (Wildman–Crippen MR) is 130 cm³/mol. The van der Waals surface area contributed by atoms with Crippen molar-refractivity contribution < 1.29 is 29.0 Å². The molecule has 0 aliphatic carbocycles. The first-order valence-corrected chi connectivity index (χ1v) is 13.1. The Morgan fingerprint density at radius 3 is 2.43 bits per heavy atom. The first kappa shape index (κ1) is 25.9. The second-order valence-electron chi connectivity index (χ2n) is 10.9. The van der Waals surface area contributed by atoms with Gasteiger partial charge in [-0.2, -0.15) is 0 Å². The number of aliphatic hydroxyl groups is 1. The van der Waals surface area contributed by atoms with Crippen LogP contribution in [0.3, 0.4) is 0 Å². The summed E-state index contributed by atoms with van der Waals surface area (Å²) in [6.07, 6.45) is 10.6. The number of rotatable bonds is 5. The highest BCUT2D eigenvalue weighted by Crippen LogP contribution is 2.58. The van der Waals surface area contributed by atoms with Gasteiger partial charge in [0.05, 0.1) is 25.2 Å². The average molecular weight is 489 g/mol. The molecular formula is C27H40N2O6. The number of amides is 2. The number of fused-ring (bicyclic) bond motifs is 2. The molecule has 8 heteroatoms. The lowest BCUT2D eigenvalue weighted by Crippen LogP contribution is -2.60. The number of aliphatic hydroxyl groups excluding tert-OH is 1. The molecule has 2 fully saturated rings. The van der Waals surface area contributed by atoms with E-state index in [-0.39, 0.29) is 30.4 Å². The van der Waals surface area contributed by atoms with E-state index in [2.05, 4.69) is 0 Å². The molecule has 0 aromatic carbocycles. The molecule has 0 aromatic rings. The molecule has 194 valence electrons. The van der Waals surface area contributed by atoms with Gasteiger partial charge >= 0.3 is 5.97 Å². The lowest BCUT2D eigenvalue weighted by molar-refractivity contribution is -0.164. The van der Waals surface area contributed by atoms with Gasteiger partial charge in [-0.15, -0.1) is 0 Å². The summed E-state index contributed by atoms with van der Waals surface area (Å²) < 4.78 is 12.6. The van der Waals surface area contributed by atoms with Crippen molar-refractivity contribution >= 4 is 17.8 Å². The maximum Gasteiger partial charge on any atom is 0.313 e. The third kappa shape index (κ3) is 3.93. The number of nitrogens with zero attached hydrogens (tertiary/aromatic N) is 2. The highest BCUT2D eigenvalue weighted by atomic mass is 16.6. The van der Waals surface area contributed by atoms with E-state index in [1.807, 2.05) is 58.9 Å². The molecule has 1 unspecified atom stereocenters. The molecule has 0 saturated carbocycles. The van der Waals surface area contributed by atoms with Crippen molar-refractivity contribution in [3.05, 3.63) is 24.3 Å². The quantitative estimate of drug-likeness (QED) is 0.472. The van der Waals surface area contributed by atoms with Crippen LogP contribution in [0.25, 0.3) is 0 Å². The van der Waals surface area contributed by atoms with Gasteiger partial charge in [-0.05, 0) is 45.4 Å². The molecule has 2 saturated heterocycles. The zero-order valence-electron chi connectivity index (χ0n) is 21.6. The summed E-state index contributed by atoms with van der Waals surface area (Å²) in [5.41, 5.74) is -2.37. The van der Waals surface area contributed by atoms with E-state index < -0.39 is 41.1 Å². The van der Waals surface area contributed by atoms with Crippen molar-refractivity contribution in [2.45, 2.75) is 89.6 Å². The zero-order valence-corrected chi connectivity index (χ0v) is 21.6. The Morgan fingerprint density at radius 1 is 1.06 bits per heavy atom. The van der Waals surface area contributed by atoms with E-state index in [0.717, 1.165) is 19.3 Å². The van der Waals surface area contributed by atoms with E-state index in [1.165, 1.54) is 4.90 Å². The number of carbonyl (C=O) groups excluding carboxylic acids is 3. The molecule has 0 bridgehead atoms. The zero-order chi connectivity index (χ0) is 25.5. The number of esters is 1. The molecule has 4 aliphatic rings. The van der Waals surface area contributed by atoms with E-state index in [1.54, 1.807) is 4.90 Å². The van der Waals surface area contributed by atoms with Crippen LogP contribution in [0.2, 0.25) is 0 Å². The first-order valence-electron chi connectivity index (χ1n) is 13.1. The summed E-state index contributed by atoms with van der Waals surface area (Å²) in [6.45, 7) is 10.1. The molecular weight excluding hydrogens is 448 g/mol. The minimum atomic E-state index is -1.32. The van der Waals surface area contributed by atoms with Gasteiger partial charge in [0.15, 0.2) is 0 Å². The number of hydrogen-bond donors (Lipinski definition) is 1. The number of allylic oxidation sites excluding steroid dienone is 1. The summed E-state index contributed by atoms with van der Waals surface area (Å²) in [4.78, 5) is 45.3. The normalized spacial score (nSPS) is 37.1. The minimum Gasteiger partial charge on any atom is -0.465 e. The van der Waals surface area contributed by atoms with Crippen LogP contribution in [0, 0.1) is 17.8 Å². The number of ether oxygens (including phenoxy) is 2. The lowest BCUT2D eigenvalue weighted by atomic mass is 9.73. The standard InChI is InChI=1S/C27H40N2O6/c1-6-26-12-9-7-8-10-15-34-25(33)21(26)20-23(31)29(19(16-30)17(2)3)22-24(32)28(18(4)5)14-11-13-27(20,22)35-26/h9,11-13,17-22,30H,6-8,10,14-16H2,1-5H3/b12-9-/t19-,20-,21+,22?,26-,27-/m0/s1. The summed E-state index contributed by atoms with van der Waals surface area (Å²) in [5, 5.41) is 10.3. The number of carbonyl (C=O) groups is 3. The summed E-state index contributed by atoms with van der Waals surface area (Å²) >= 11 is 0. The van der Waals surface area contributed by atoms with Crippen LogP contribution in [-0.2, 0) is 23.9 Å². The highest BCUT2D eigenvalue weighted by molar-refractivity contribution is 5.99. The van der Waals surface area contributed by atoms with Gasteiger partial charge in [-0.25, -0.2) is 0 Å². The second-order valence-corrected chi connectivity index (χ2v) is 10.9. The smallest absolute Gasteiger partial charge is 0.313 e. The van der Waals surface area contributed by atoms with Gasteiger partial charge in [0.2, 0.25) is 11.8 Å². The van der Waals surface area contributed by atoms with Gasteiger partial charge in [0.1, 0.15) is 23.2 Å². The Hall–Kier alpha value is -2.19. The molecule has 4 heterocycles. The summed E-state index contributed by atoms with van der Waals surface area (Å²) in [6, 6.07) is -1.63. The van der Waals surface area contributed by atoms with Crippen LogP contribution < -0.4 is 0 Å². The molecule has 0 radical (unpaired) electrons. The molecule has 2 amide bonds. The van der Waals surface area contributed by atoms with Crippen molar-refractivity contribution in [3.8, 4) is 0 Å². The Kier molecular flexibility index (Phi) is 7.17. The second kappa shape index (κ2) is 9.69. The fraction of sp³-hybridized carbons (Fsp3) is 0.741. The highest BCUT2D eigenvalue weighted by Gasteiger charge is 2.76. The van der Waals surface area contributed by atoms with E-state index in [4.69, 9.17) is 9.47 Å². The molecule has 0 aromatic heterocycles. The number of hydrogen-bond acceptors (Lipinski definition) is 6. The van der Waals surface area contributed by atoms with Crippen molar-refractivity contribution in [2.24, 2.45) is 17.8 Å². The van der Waals surface area contributed by atoms with Crippen LogP contribution in [0.15, 0.2) is 24.3 Å². The molecule has 4 aliphatic heterocycles. The maximum atomic E-state index is 14.3. The number of likely N-dealkylation sites (tertiary alicyclic amines) is 1. The third-order valence-corrected chi connectivity index (χ3v) is 8.29. The average Bonchev–Trinajstić information content (AvgIpc) is 3.16. The fourth-order valence-electron chi connectivity index (χ4n) is 6.44. The summed E-state index contributed by atoms with van der Waals surface area (Å²) in [7, 11) is 0. The van der Waals surface area contributed by atoms with Crippen molar-refractivity contribution in [3.63, 3.8) is 0 Å². The van der Waals surface area contributed by atoms with E-state index >= 15 is 0 Å². The molecule has 8 nitrogen and oxygen atoms in total. The Morgan fingerprint density at radius 2 is 1.80 bits per heavy atom. The summed E-state index contributed by atoms with van der Waals surface area (Å²) in [5.74, 6) is -2.88. The fourth-order valence-corrected chi connectivity index (χ4v) is 6.44. The third-order valence-electron chi connectivity index (χ3n) is 8.29. The lowest BCUT2D eigenvalue weighted by Gasteiger charge is -2.42. The molecule has 4 rings (SSSR count). The Bertz CT molecular complexity index is 913. The predicted octanol–water partition coefficient (Wildman–Crippen LogP) is 2.45. The van der Waals surface area contributed by atoms with E-state index in [9.17, 15) is 19.5 Å². The monoisotopic (exact) mass is 488 g/mol. The van der Waals surface area contributed by atoms with Crippen LogP contribution >= 0.6 is 0 Å². The molecule has 1 N–H and O–H groups in total. The molecule has 35 heavy (non-hydrogen) atoms. The molecule has 6 atom stereocenters. The van der Waals surface area contributed by atoms with Crippen molar-refractivity contribution in [1.82, 2.24) is 9.80 Å². The first-order chi connectivity index (χ1) is 16.6. The van der Waals surface area contributed by atoms with Gasteiger partial charge in [-0.3, -0.25) is 14.4 Å². The van der Waals surface area contributed by atoms with Crippen molar-refractivity contribution in [2.75, 3.05) is 19.8 Å². The van der Waals surface area contributed by atoms with Gasteiger partial charge in [-0.1, -0.05) is 45.1 Å². The molecule has 1 spiro atoms. The van der Waals surface area contributed by atoms with Crippen LogP contribution in [0.5, 0.6) is 0 Å². The van der Waals surface area contributed by atoms with Gasteiger partial charge in [0, 0.05) is 12.6 Å². The van der Waals surface area contributed by atoms with Crippen molar-refractivity contribution in [1.29, 1.82) is 0 Å². The van der Waals surface area contributed by atoms with Crippen LogP contribution in [0.1, 0.15) is 60.3 Å². The van der Waals surface area contributed by atoms with Gasteiger partial charge in [0.25, 0.3) is 0 Å². The Balaban J connectivity index is 1.94. The largest absolute Gasteiger partial charge is 0.465 e. The van der Waals surface area contributed by atoms with E-state index in [0.29, 0.717) is 19.6 Å². The topological polar surface area (TPSA) is 96.4 Å². The van der Waals surface area contributed by atoms with Crippen LogP contribution in [-0.4, -0.2) is 81.8 Å². The Labute approximate surface area is 208 Å². The van der Waals surface area contributed by atoms with Gasteiger partial charge < -0.3 is 24.4 Å². The maximum absolute atomic E-state index is 14.3. The minimum absolute atomic E-state index is 0.0861. The van der Waals surface area contributed by atoms with Crippen LogP contribution in [0.4, 0.5) is 0 Å².